The van der Waals surface area contributed by atoms with Crippen molar-refractivity contribution in [1.29, 1.82) is 0 Å². The van der Waals surface area contributed by atoms with E-state index in [9.17, 15) is 5.11 Å². The van der Waals surface area contributed by atoms with E-state index in [2.05, 4.69) is 17.6 Å². The zero-order valence-electron chi connectivity index (χ0n) is 9.76. The molecule has 3 unspecified atom stereocenters. The second-order valence-electron chi connectivity index (χ2n) is 5.34. The minimum atomic E-state index is -0.460. The monoisotopic (exact) mass is 212 g/mol. The highest BCUT2D eigenvalue weighted by Gasteiger charge is 2.38. The summed E-state index contributed by atoms with van der Waals surface area (Å²) in [4.78, 5) is 0. The molecule has 0 saturated carbocycles. The Morgan fingerprint density at radius 2 is 2.07 bits per heavy atom. The molecule has 0 aromatic rings. The van der Waals surface area contributed by atoms with Crippen molar-refractivity contribution in [2.24, 2.45) is 5.92 Å². The van der Waals surface area contributed by atoms with Crippen molar-refractivity contribution in [2.75, 3.05) is 19.6 Å². The van der Waals surface area contributed by atoms with Gasteiger partial charge in [0.2, 0.25) is 0 Å². The third kappa shape index (κ3) is 2.71. The van der Waals surface area contributed by atoms with E-state index < -0.39 is 5.60 Å². The van der Waals surface area contributed by atoms with E-state index in [0.29, 0.717) is 6.04 Å². The molecule has 2 heterocycles. The topological polar surface area (TPSA) is 44.3 Å². The largest absolute Gasteiger partial charge is 0.388 e. The van der Waals surface area contributed by atoms with Gasteiger partial charge < -0.3 is 15.7 Å². The van der Waals surface area contributed by atoms with Crippen LogP contribution in [0.2, 0.25) is 0 Å². The van der Waals surface area contributed by atoms with E-state index in [0.717, 1.165) is 51.2 Å². The lowest BCUT2D eigenvalue weighted by Gasteiger charge is -2.40. The Morgan fingerprint density at radius 1 is 1.20 bits per heavy atom. The van der Waals surface area contributed by atoms with E-state index >= 15 is 0 Å². The van der Waals surface area contributed by atoms with Crippen molar-refractivity contribution >= 4 is 0 Å². The third-order valence-electron chi connectivity index (χ3n) is 4.01. The Kier molecular flexibility index (Phi) is 3.65. The second kappa shape index (κ2) is 4.81. The van der Waals surface area contributed by atoms with Crippen molar-refractivity contribution in [3.8, 4) is 0 Å². The molecule has 15 heavy (non-hydrogen) atoms. The normalized spacial score (nSPS) is 43.6. The van der Waals surface area contributed by atoms with Crippen LogP contribution in [0.3, 0.4) is 0 Å². The molecular formula is C12H24N2O. The molecular weight excluding hydrogens is 188 g/mol. The number of hydrogen-bond donors (Lipinski definition) is 3. The maximum atomic E-state index is 10.7. The molecule has 3 nitrogen and oxygen atoms in total. The van der Waals surface area contributed by atoms with Crippen LogP contribution in [0.5, 0.6) is 0 Å². The van der Waals surface area contributed by atoms with Gasteiger partial charge in [0.1, 0.15) is 0 Å². The lowest BCUT2D eigenvalue weighted by molar-refractivity contribution is -0.0235. The summed E-state index contributed by atoms with van der Waals surface area (Å²) in [5, 5.41) is 17.6. The van der Waals surface area contributed by atoms with E-state index in [-0.39, 0.29) is 0 Å². The van der Waals surface area contributed by atoms with Gasteiger partial charge in [-0.15, -0.1) is 0 Å². The highest BCUT2D eigenvalue weighted by atomic mass is 16.3. The van der Waals surface area contributed by atoms with Gasteiger partial charge in [0.25, 0.3) is 0 Å². The fraction of sp³-hybridized carbons (Fsp3) is 1.00. The first-order valence-electron chi connectivity index (χ1n) is 6.37. The predicted octanol–water partition coefficient (Wildman–Crippen LogP) is 0.879. The molecule has 2 rings (SSSR count). The zero-order chi connectivity index (χ0) is 10.7. The fourth-order valence-corrected chi connectivity index (χ4v) is 2.94. The quantitative estimate of drug-likeness (QED) is 0.604. The van der Waals surface area contributed by atoms with E-state index in [1.807, 2.05) is 0 Å². The summed E-state index contributed by atoms with van der Waals surface area (Å²) in [5.41, 5.74) is -0.460. The molecule has 88 valence electrons. The standard InChI is InChI=1S/C12H24N2O/c1-10-3-7-14-11(9-10)12(15)4-2-6-13-8-5-12/h10-11,13-15H,2-9H2,1H3. The average molecular weight is 212 g/mol. The van der Waals surface area contributed by atoms with Crippen LogP contribution in [0.4, 0.5) is 0 Å². The van der Waals surface area contributed by atoms with Gasteiger partial charge in [-0.3, -0.25) is 0 Å². The van der Waals surface area contributed by atoms with Crippen LogP contribution in [0.15, 0.2) is 0 Å². The molecule has 2 saturated heterocycles. The summed E-state index contributed by atoms with van der Waals surface area (Å²) in [5.74, 6) is 0.761. The van der Waals surface area contributed by atoms with Crippen molar-refractivity contribution in [3.05, 3.63) is 0 Å². The Bertz CT molecular complexity index is 200. The number of rotatable bonds is 1. The van der Waals surface area contributed by atoms with Crippen LogP contribution in [-0.2, 0) is 0 Å². The number of piperidine rings is 1. The van der Waals surface area contributed by atoms with Crippen LogP contribution in [0, 0.1) is 5.92 Å². The Hall–Kier alpha value is -0.120. The minimum Gasteiger partial charge on any atom is -0.388 e. The van der Waals surface area contributed by atoms with Gasteiger partial charge >= 0.3 is 0 Å². The summed E-state index contributed by atoms with van der Waals surface area (Å²) in [6, 6.07) is 0.321. The molecule has 0 amide bonds. The highest BCUT2D eigenvalue weighted by Crippen LogP contribution is 2.30. The van der Waals surface area contributed by atoms with E-state index in [1.165, 1.54) is 6.42 Å². The Labute approximate surface area is 92.6 Å². The van der Waals surface area contributed by atoms with Gasteiger partial charge in [0.15, 0.2) is 0 Å². The highest BCUT2D eigenvalue weighted by molar-refractivity contribution is 4.96. The fourth-order valence-electron chi connectivity index (χ4n) is 2.94. The molecule has 0 aromatic carbocycles. The summed E-state index contributed by atoms with van der Waals surface area (Å²) in [7, 11) is 0. The first-order valence-corrected chi connectivity index (χ1v) is 6.37. The lowest BCUT2D eigenvalue weighted by Crippen LogP contribution is -2.54. The summed E-state index contributed by atoms with van der Waals surface area (Å²) in [6.07, 6.45) is 5.34. The maximum absolute atomic E-state index is 10.7. The molecule has 2 fully saturated rings. The molecule has 0 radical (unpaired) electrons. The molecule has 3 atom stereocenters. The summed E-state index contributed by atoms with van der Waals surface area (Å²) >= 11 is 0. The Balaban J connectivity index is 1.98. The van der Waals surface area contributed by atoms with Crippen LogP contribution >= 0.6 is 0 Å². The molecule has 3 heteroatoms. The number of aliphatic hydroxyl groups is 1. The van der Waals surface area contributed by atoms with Crippen LogP contribution in [-0.4, -0.2) is 36.4 Å². The molecule has 3 N–H and O–H groups in total. The second-order valence-corrected chi connectivity index (χ2v) is 5.34. The first kappa shape index (κ1) is 11.4. The first-order chi connectivity index (χ1) is 7.21. The van der Waals surface area contributed by atoms with Crippen LogP contribution < -0.4 is 10.6 Å². The zero-order valence-corrected chi connectivity index (χ0v) is 9.76. The SMILES string of the molecule is CC1CCNC(C2(O)CCCNCC2)C1. The van der Waals surface area contributed by atoms with Gasteiger partial charge in [0, 0.05) is 6.04 Å². The van der Waals surface area contributed by atoms with Crippen LogP contribution in [0.25, 0.3) is 0 Å². The number of nitrogens with one attached hydrogen (secondary N) is 2. The minimum absolute atomic E-state index is 0.321. The summed E-state index contributed by atoms with van der Waals surface area (Å²) < 4.78 is 0. The van der Waals surface area contributed by atoms with E-state index in [1.54, 1.807) is 0 Å². The average Bonchev–Trinajstić information content (AvgIpc) is 2.44. The smallest absolute Gasteiger partial charge is 0.0812 e. The van der Waals surface area contributed by atoms with Gasteiger partial charge in [0.05, 0.1) is 5.60 Å². The van der Waals surface area contributed by atoms with Crippen LogP contribution in [0.1, 0.15) is 39.0 Å². The molecule has 2 aliphatic heterocycles. The van der Waals surface area contributed by atoms with Crippen molar-refractivity contribution in [1.82, 2.24) is 10.6 Å². The van der Waals surface area contributed by atoms with Gasteiger partial charge in [-0.1, -0.05) is 6.92 Å². The molecule has 0 spiro atoms. The molecule has 0 aliphatic carbocycles. The van der Waals surface area contributed by atoms with Crippen molar-refractivity contribution < 1.29 is 5.11 Å². The summed E-state index contributed by atoms with van der Waals surface area (Å²) in [6.45, 7) is 5.39. The molecule has 0 aromatic heterocycles. The molecule has 2 aliphatic rings. The maximum Gasteiger partial charge on any atom is 0.0812 e. The van der Waals surface area contributed by atoms with Crippen molar-refractivity contribution in [3.63, 3.8) is 0 Å². The van der Waals surface area contributed by atoms with Gasteiger partial charge in [-0.25, -0.2) is 0 Å². The van der Waals surface area contributed by atoms with Gasteiger partial charge in [-0.05, 0) is 57.7 Å². The van der Waals surface area contributed by atoms with Crippen molar-refractivity contribution in [2.45, 2.75) is 50.7 Å². The third-order valence-corrected chi connectivity index (χ3v) is 4.01. The van der Waals surface area contributed by atoms with E-state index in [4.69, 9.17) is 0 Å². The number of hydrogen-bond acceptors (Lipinski definition) is 3. The molecule has 0 bridgehead atoms. The van der Waals surface area contributed by atoms with Gasteiger partial charge in [-0.2, -0.15) is 0 Å². The predicted molar refractivity (Wildman–Crippen MR) is 61.9 cm³/mol. The lowest BCUT2D eigenvalue weighted by atomic mass is 9.79. The Morgan fingerprint density at radius 3 is 2.87 bits per heavy atom.